The Balaban J connectivity index is 3.55. The fourth-order valence-corrected chi connectivity index (χ4v) is 1.48. The molecule has 0 unspecified atom stereocenters. The number of halogens is 1. The predicted molar refractivity (Wildman–Crippen MR) is 62.6 cm³/mol. The smallest absolute Gasteiger partial charge is 0.307 e. The molecule has 0 rings (SSSR count). The van der Waals surface area contributed by atoms with E-state index in [2.05, 4.69) is 29.5 Å². The summed E-state index contributed by atoms with van der Waals surface area (Å²) in [7, 11) is 0. The van der Waals surface area contributed by atoms with Crippen molar-refractivity contribution in [2.45, 2.75) is 46.0 Å². The molecule has 0 saturated heterocycles. The molecular formula is C10H17IO2. The first-order chi connectivity index (χ1) is 6.20. The molecule has 0 aromatic carbocycles. The molecule has 0 radical (unpaired) electrons. The van der Waals surface area contributed by atoms with Crippen molar-refractivity contribution in [1.29, 1.82) is 0 Å². The van der Waals surface area contributed by atoms with E-state index in [0.717, 1.165) is 18.6 Å². The minimum atomic E-state index is -0.224. The van der Waals surface area contributed by atoms with Crippen LogP contribution in [0.2, 0.25) is 0 Å². The van der Waals surface area contributed by atoms with Gasteiger partial charge in [-0.2, -0.15) is 0 Å². The molecule has 0 aromatic heterocycles. The van der Waals surface area contributed by atoms with Crippen LogP contribution in [0.1, 0.15) is 46.0 Å². The normalized spacial score (nSPS) is 11.5. The molecule has 0 saturated carbocycles. The highest BCUT2D eigenvalue weighted by atomic mass is 127. The minimum Gasteiger partial charge on any atom is -0.431 e. The molecule has 0 aliphatic carbocycles. The average molecular weight is 296 g/mol. The Morgan fingerprint density at radius 2 is 2.08 bits per heavy atom. The molecule has 0 bridgehead atoms. The Kier molecular flexibility index (Phi) is 8.49. The lowest BCUT2D eigenvalue weighted by atomic mass is 10.1. The van der Waals surface area contributed by atoms with Gasteiger partial charge in [0.25, 0.3) is 0 Å². The van der Waals surface area contributed by atoms with Gasteiger partial charge in [0.2, 0.25) is 0 Å². The monoisotopic (exact) mass is 296 g/mol. The van der Waals surface area contributed by atoms with Crippen LogP contribution in [0.3, 0.4) is 0 Å². The van der Waals surface area contributed by atoms with Crippen molar-refractivity contribution in [3.05, 3.63) is 9.84 Å². The van der Waals surface area contributed by atoms with Gasteiger partial charge in [0.05, 0.1) is 0 Å². The second kappa shape index (κ2) is 8.53. The summed E-state index contributed by atoms with van der Waals surface area (Å²) in [6.45, 7) is 3.62. The molecule has 0 aromatic rings. The van der Waals surface area contributed by atoms with Gasteiger partial charge in [-0.15, -0.1) is 0 Å². The standard InChI is InChI=1S/C10H17IO2/c1-3-4-5-6-7-10(8-11)13-9(2)12/h8H,3-7H2,1-2H3/b10-8-. The minimum absolute atomic E-state index is 0.224. The predicted octanol–water partition coefficient (Wildman–Crippen LogP) is 3.80. The summed E-state index contributed by atoms with van der Waals surface area (Å²) in [4.78, 5) is 10.6. The molecule has 0 atom stereocenters. The Morgan fingerprint density at radius 1 is 1.38 bits per heavy atom. The van der Waals surface area contributed by atoms with E-state index in [4.69, 9.17) is 4.74 Å². The number of hydrogen-bond acceptors (Lipinski definition) is 2. The molecule has 3 heteroatoms. The van der Waals surface area contributed by atoms with Crippen LogP contribution in [-0.4, -0.2) is 5.97 Å². The molecule has 13 heavy (non-hydrogen) atoms. The molecule has 0 spiro atoms. The summed E-state index contributed by atoms with van der Waals surface area (Å²) < 4.78 is 6.83. The second-order valence-corrected chi connectivity index (χ2v) is 3.60. The van der Waals surface area contributed by atoms with Crippen LogP contribution in [0.15, 0.2) is 9.84 Å². The summed E-state index contributed by atoms with van der Waals surface area (Å²) in [6.07, 6.45) is 5.69. The molecule has 0 aliphatic heterocycles. The zero-order chi connectivity index (χ0) is 10.1. The van der Waals surface area contributed by atoms with E-state index in [-0.39, 0.29) is 5.97 Å². The van der Waals surface area contributed by atoms with Crippen molar-refractivity contribution in [3.8, 4) is 0 Å². The molecule has 76 valence electrons. The van der Waals surface area contributed by atoms with E-state index in [9.17, 15) is 4.79 Å². The van der Waals surface area contributed by atoms with E-state index in [1.54, 1.807) is 0 Å². The fourth-order valence-electron chi connectivity index (χ4n) is 1.04. The zero-order valence-electron chi connectivity index (χ0n) is 8.31. The lowest BCUT2D eigenvalue weighted by molar-refractivity contribution is -0.137. The summed E-state index contributed by atoms with van der Waals surface area (Å²) in [5.74, 6) is 0.572. The molecule has 0 N–H and O–H groups in total. The number of allylic oxidation sites excluding steroid dienone is 1. The second-order valence-electron chi connectivity index (χ2n) is 2.98. The lowest BCUT2D eigenvalue weighted by Gasteiger charge is -2.04. The van der Waals surface area contributed by atoms with Crippen LogP contribution in [0.25, 0.3) is 0 Å². The van der Waals surface area contributed by atoms with Crippen LogP contribution >= 0.6 is 22.6 Å². The van der Waals surface area contributed by atoms with Gasteiger partial charge in [0, 0.05) is 17.4 Å². The summed E-state index contributed by atoms with van der Waals surface area (Å²) in [6, 6.07) is 0. The van der Waals surface area contributed by atoms with Gasteiger partial charge in [-0.25, -0.2) is 0 Å². The fraction of sp³-hybridized carbons (Fsp3) is 0.700. The summed E-state index contributed by atoms with van der Waals surface area (Å²) >= 11 is 2.10. The Bertz CT molecular complexity index is 176. The number of unbranched alkanes of at least 4 members (excludes halogenated alkanes) is 3. The van der Waals surface area contributed by atoms with Gasteiger partial charge in [0.1, 0.15) is 5.76 Å². The van der Waals surface area contributed by atoms with E-state index < -0.39 is 0 Å². The van der Waals surface area contributed by atoms with Crippen molar-refractivity contribution in [1.82, 2.24) is 0 Å². The first kappa shape index (κ1) is 12.9. The van der Waals surface area contributed by atoms with Gasteiger partial charge < -0.3 is 4.74 Å². The maximum atomic E-state index is 10.6. The zero-order valence-corrected chi connectivity index (χ0v) is 10.5. The Hall–Kier alpha value is -0.0600. The third-order valence-corrected chi connectivity index (χ3v) is 2.37. The topological polar surface area (TPSA) is 26.3 Å². The van der Waals surface area contributed by atoms with Crippen molar-refractivity contribution >= 4 is 28.6 Å². The number of hydrogen-bond donors (Lipinski definition) is 0. The van der Waals surface area contributed by atoms with Crippen LogP contribution in [0.4, 0.5) is 0 Å². The van der Waals surface area contributed by atoms with Crippen molar-refractivity contribution in [2.24, 2.45) is 0 Å². The number of rotatable bonds is 6. The number of carbonyl (C=O) groups is 1. The molecular weight excluding hydrogens is 279 g/mol. The van der Waals surface area contributed by atoms with Gasteiger partial charge in [-0.3, -0.25) is 4.79 Å². The Labute approximate surface area is 93.9 Å². The highest BCUT2D eigenvalue weighted by molar-refractivity contribution is 14.1. The van der Waals surface area contributed by atoms with Gasteiger partial charge in [-0.05, 0) is 29.0 Å². The molecule has 0 heterocycles. The van der Waals surface area contributed by atoms with Gasteiger partial charge >= 0.3 is 5.97 Å². The van der Waals surface area contributed by atoms with Crippen LogP contribution < -0.4 is 0 Å². The SMILES string of the molecule is CCCCCC/C(=C/I)OC(C)=O. The maximum absolute atomic E-state index is 10.6. The molecule has 2 nitrogen and oxygen atoms in total. The molecule has 0 amide bonds. The molecule has 0 aliphatic rings. The van der Waals surface area contributed by atoms with E-state index in [1.165, 1.54) is 26.2 Å². The largest absolute Gasteiger partial charge is 0.431 e. The van der Waals surface area contributed by atoms with Crippen LogP contribution in [-0.2, 0) is 9.53 Å². The first-order valence-corrected chi connectivity index (χ1v) is 5.93. The average Bonchev–Trinajstić information content (AvgIpc) is 2.09. The highest BCUT2D eigenvalue weighted by Gasteiger charge is 2.00. The third kappa shape index (κ3) is 8.28. The first-order valence-electron chi connectivity index (χ1n) is 4.68. The number of esters is 1. The van der Waals surface area contributed by atoms with Crippen molar-refractivity contribution < 1.29 is 9.53 Å². The number of carbonyl (C=O) groups excluding carboxylic acids is 1. The van der Waals surface area contributed by atoms with E-state index in [0.29, 0.717) is 0 Å². The third-order valence-electron chi connectivity index (χ3n) is 1.67. The molecule has 0 fully saturated rings. The van der Waals surface area contributed by atoms with E-state index >= 15 is 0 Å². The summed E-state index contributed by atoms with van der Waals surface area (Å²) in [5.41, 5.74) is 0. The van der Waals surface area contributed by atoms with Gasteiger partial charge in [-0.1, -0.05) is 26.2 Å². The van der Waals surface area contributed by atoms with Gasteiger partial charge in [0.15, 0.2) is 0 Å². The Morgan fingerprint density at radius 3 is 2.54 bits per heavy atom. The summed E-state index contributed by atoms with van der Waals surface area (Å²) in [5, 5.41) is 0. The van der Waals surface area contributed by atoms with Crippen molar-refractivity contribution in [2.75, 3.05) is 0 Å². The van der Waals surface area contributed by atoms with Crippen molar-refractivity contribution in [3.63, 3.8) is 0 Å². The maximum Gasteiger partial charge on any atom is 0.307 e. The number of ether oxygens (including phenoxy) is 1. The quantitative estimate of drug-likeness (QED) is 0.322. The van der Waals surface area contributed by atoms with E-state index in [1.807, 2.05) is 4.08 Å². The van der Waals surface area contributed by atoms with Crippen LogP contribution in [0.5, 0.6) is 0 Å². The van der Waals surface area contributed by atoms with Crippen LogP contribution in [0, 0.1) is 0 Å². The lowest BCUT2D eigenvalue weighted by Crippen LogP contribution is -1.98. The highest BCUT2D eigenvalue weighted by Crippen LogP contribution is 2.13.